The van der Waals surface area contributed by atoms with Crippen LogP contribution in [0.1, 0.15) is 47.0 Å². The van der Waals surface area contributed by atoms with E-state index in [1.165, 1.54) is 0 Å². The average molecular weight is 215 g/mol. The van der Waals surface area contributed by atoms with Crippen LogP contribution in [-0.2, 0) is 9.68 Å². The first kappa shape index (κ1) is 12.5. The molecule has 1 heterocycles. The maximum absolute atomic E-state index is 11.0. The van der Waals surface area contributed by atoms with Gasteiger partial charge in [0.05, 0.1) is 6.42 Å². The molecule has 0 aromatic rings. The Bertz CT molecular complexity index is 232. The van der Waals surface area contributed by atoms with Crippen LogP contribution in [0, 0.1) is 5.92 Å². The molecule has 2 N–H and O–H groups in total. The minimum atomic E-state index is -0.534. The molecule has 0 spiro atoms. The molecule has 0 bridgehead atoms. The zero-order valence-electron chi connectivity index (χ0n) is 9.96. The van der Waals surface area contributed by atoms with Crippen molar-refractivity contribution in [2.45, 2.75) is 58.0 Å². The normalized spacial score (nSPS) is 24.9. The smallest absolute Gasteiger partial charge is 0.307 e. The number of carbonyl (C=O) groups is 1. The van der Waals surface area contributed by atoms with Gasteiger partial charge in [-0.2, -0.15) is 5.26 Å². The number of carbonyl (C=O) groups excluding carboxylic acids is 1. The third kappa shape index (κ3) is 3.80. The molecule has 88 valence electrons. The fraction of sp³-hybridized carbons (Fsp3) is 0.909. The van der Waals surface area contributed by atoms with Crippen LogP contribution in [0.4, 0.5) is 0 Å². The number of piperidine rings is 1. The van der Waals surface area contributed by atoms with E-state index in [9.17, 15) is 4.79 Å². The van der Waals surface area contributed by atoms with Crippen molar-refractivity contribution >= 4 is 5.97 Å². The predicted octanol–water partition coefficient (Wildman–Crippen LogP) is 1.95. The van der Waals surface area contributed by atoms with Gasteiger partial charge >= 0.3 is 5.97 Å². The summed E-state index contributed by atoms with van der Waals surface area (Å²) in [5.41, 5.74) is 0.0598. The summed E-state index contributed by atoms with van der Waals surface area (Å²) in [5.74, 6) is -0.260. The minimum Gasteiger partial charge on any atom is -0.307 e. The Morgan fingerprint density at radius 1 is 1.33 bits per heavy atom. The predicted molar refractivity (Wildman–Crippen MR) is 57.4 cm³/mol. The molecule has 4 heteroatoms. The van der Waals surface area contributed by atoms with Crippen LogP contribution in [0.5, 0.6) is 0 Å². The van der Waals surface area contributed by atoms with Crippen LogP contribution < -0.4 is 5.32 Å². The van der Waals surface area contributed by atoms with Gasteiger partial charge in [0.1, 0.15) is 0 Å². The van der Waals surface area contributed by atoms with Crippen molar-refractivity contribution in [3.05, 3.63) is 0 Å². The lowest BCUT2D eigenvalue weighted by Crippen LogP contribution is -2.58. The molecule has 0 aliphatic carbocycles. The number of rotatable bonds is 2. The fourth-order valence-electron chi connectivity index (χ4n) is 2.95. The van der Waals surface area contributed by atoms with Crippen LogP contribution in [0.25, 0.3) is 0 Å². The van der Waals surface area contributed by atoms with Crippen LogP contribution in [0.15, 0.2) is 0 Å². The Kier molecular flexibility index (Phi) is 3.41. The first-order valence-corrected chi connectivity index (χ1v) is 5.38. The van der Waals surface area contributed by atoms with Crippen molar-refractivity contribution in [2.24, 2.45) is 5.92 Å². The standard InChI is InChI=1S/C11H21NO3/c1-10(2)6-8(5-9(13)15-14)7-11(3,4)12-10/h8,12,14H,5-7H2,1-4H3. The molecule has 0 aromatic carbocycles. The van der Waals surface area contributed by atoms with Gasteiger partial charge in [-0.05, 0) is 46.5 Å². The maximum Gasteiger partial charge on any atom is 0.342 e. The Labute approximate surface area is 90.9 Å². The number of hydrogen-bond donors (Lipinski definition) is 2. The Hall–Kier alpha value is -0.610. The molecule has 0 saturated carbocycles. The van der Waals surface area contributed by atoms with E-state index in [2.05, 4.69) is 37.9 Å². The fourth-order valence-corrected chi connectivity index (χ4v) is 2.95. The van der Waals surface area contributed by atoms with Gasteiger partial charge in [0.15, 0.2) is 0 Å². The summed E-state index contributed by atoms with van der Waals surface area (Å²) >= 11 is 0. The summed E-state index contributed by atoms with van der Waals surface area (Å²) in [4.78, 5) is 14.7. The largest absolute Gasteiger partial charge is 0.342 e. The average Bonchev–Trinajstić information content (AvgIpc) is 1.97. The molecular formula is C11H21NO3. The van der Waals surface area contributed by atoms with Gasteiger partial charge in [0, 0.05) is 11.1 Å². The number of nitrogens with one attached hydrogen (secondary N) is 1. The first-order chi connectivity index (χ1) is 6.74. The lowest BCUT2D eigenvalue weighted by atomic mass is 9.75. The van der Waals surface area contributed by atoms with E-state index in [1.807, 2.05) is 0 Å². The molecule has 0 unspecified atom stereocenters. The van der Waals surface area contributed by atoms with Crippen molar-refractivity contribution in [3.63, 3.8) is 0 Å². The number of hydrogen-bond acceptors (Lipinski definition) is 4. The molecule has 0 amide bonds. The highest BCUT2D eigenvalue weighted by atomic mass is 17.1. The van der Waals surface area contributed by atoms with E-state index in [0.29, 0.717) is 6.42 Å². The highest BCUT2D eigenvalue weighted by molar-refractivity contribution is 5.68. The van der Waals surface area contributed by atoms with Crippen molar-refractivity contribution in [1.82, 2.24) is 5.32 Å². The Morgan fingerprint density at radius 3 is 2.20 bits per heavy atom. The van der Waals surface area contributed by atoms with E-state index < -0.39 is 5.97 Å². The first-order valence-electron chi connectivity index (χ1n) is 5.38. The molecule has 15 heavy (non-hydrogen) atoms. The summed E-state index contributed by atoms with van der Waals surface area (Å²) in [7, 11) is 0. The zero-order chi connectivity index (χ0) is 11.7. The van der Waals surface area contributed by atoms with E-state index in [1.54, 1.807) is 0 Å². The maximum atomic E-state index is 11.0. The highest BCUT2D eigenvalue weighted by Gasteiger charge is 2.38. The minimum absolute atomic E-state index is 0.0299. The van der Waals surface area contributed by atoms with Crippen LogP contribution >= 0.6 is 0 Å². The van der Waals surface area contributed by atoms with Crippen molar-refractivity contribution < 1.29 is 14.9 Å². The lowest BCUT2D eigenvalue weighted by molar-refractivity contribution is -0.235. The summed E-state index contributed by atoms with van der Waals surface area (Å²) in [6, 6.07) is 0. The monoisotopic (exact) mass is 215 g/mol. The molecule has 1 fully saturated rings. The Morgan fingerprint density at radius 2 is 1.80 bits per heavy atom. The van der Waals surface area contributed by atoms with Gasteiger partial charge in [-0.15, -0.1) is 0 Å². The van der Waals surface area contributed by atoms with E-state index in [-0.39, 0.29) is 17.0 Å². The molecule has 0 aromatic heterocycles. The van der Waals surface area contributed by atoms with E-state index >= 15 is 0 Å². The molecule has 0 atom stereocenters. The van der Waals surface area contributed by atoms with Gasteiger partial charge in [-0.1, -0.05) is 0 Å². The second kappa shape index (κ2) is 4.10. The van der Waals surface area contributed by atoms with Crippen LogP contribution in [0.3, 0.4) is 0 Å². The summed E-state index contributed by atoms with van der Waals surface area (Å²) < 4.78 is 0. The molecule has 1 rings (SSSR count). The van der Waals surface area contributed by atoms with Gasteiger partial charge in [0.25, 0.3) is 0 Å². The Balaban J connectivity index is 2.63. The summed E-state index contributed by atoms with van der Waals surface area (Å²) in [6.45, 7) is 8.52. The van der Waals surface area contributed by atoms with Gasteiger partial charge in [-0.25, -0.2) is 4.79 Å². The lowest BCUT2D eigenvalue weighted by Gasteiger charge is -2.46. The quantitative estimate of drug-likeness (QED) is 0.546. The van der Waals surface area contributed by atoms with Crippen LogP contribution in [-0.4, -0.2) is 22.3 Å². The molecule has 1 aliphatic rings. The second-order valence-electron chi connectivity index (χ2n) is 5.83. The van der Waals surface area contributed by atoms with E-state index in [4.69, 9.17) is 5.26 Å². The summed E-state index contributed by atoms with van der Waals surface area (Å²) in [5, 5.41) is 11.8. The molecule has 1 aliphatic heterocycles. The highest BCUT2D eigenvalue weighted by Crippen LogP contribution is 2.34. The molecule has 1 saturated heterocycles. The van der Waals surface area contributed by atoms with Crippen LogP contribution in [0.2, 0.25) is 0 Å². The van der Waals surface area contributed by atoms with E-state index in [0.717, 1.165) is 12.8 Å². The molecule has 0 radical (unpaired) electrons. The van der Waals surface area contributed by atoms with Gasteiger partial charge < -0.3 is 10.2 Å². The third-order valence-electron chi connectivity index (χ3n) is 2.83. The van der Waals surface area contributed by atoms with Crippen molar-refractivity contribution in [3.8, 4) is 0 Å². The third-order valence-corrected chi connectivity index (χ3v) is 2.83. The topological polar surface area (TPSA) is 58.6 Å². The van der Waals surface area contributed by atoms with Gasteiger partial charge in [-0.3, -0.25) is 0 Å². The van der Waals surface area contributed by atoms with Crippen molar-refractivity contribution in [2.75, 3.05) is 0 Å². The van der Waals surface area contributed by atoms with Gasteiger partial charge in [0.2, 0.25) is 0 Å². The van der Waals surface area contributed by atoms with Crippen molar-refractivity contribution in [1.29, 1.82) is 0 Å². The summed E-state index contributed by atoms with van der Waals surface area (Å²) in [6.07, 6.45) is 2.14. The molecule has 4 nitrogen and oxygen atoms in total. The zero-order valence-corrected chi connectivity index (χ0v) is 9.96. The second-order valence-corrected chi connectivity index (χ2v) is 5.83. The molecular weight excluding hydrogens is 194 g/mol. The SMILES string of the molecule is CC1(C)CC(CC(=O)OO)CC(C)(C)N1.